The first-order chi connectivity index (χ1) is 9.40. The molecule has 1 aromatic rings. The lowest BCUT2D eigenvalue weighted by Gasteiger charge is -2.38. The van der Waals surface area contributed by atoms with Gasteiger partial charge in [0, 0.05) is 37.3 Å². The van der Waals surface area contributed by atoms with Gasteiger partial charge in [-0.3, -0.25) is 0 Å². The smallest absolute Gasteiger partial charge is 0.145 e. The van der Waals surface area contributed by atoms with Crippen LogP contribution in [0.5, 0.6) is 0 Å². The topological polar surface area (TPSA) is 32.5 Å². The zero-order valence-electron chi connectivity index (χ0n) is 11.7. The molecule has 2 unspecified atom stereocenters. The van der Waals surface area contributed by atoms with Crippen LogP contribution in [0, 0.1) is 11.6 Å². The molecular formula is C14H20BrF2N3. The Hall–Kier alpha value is -0.560. The summed E-state index contributed by atoms with van der Waals surface area (Å²) in [5.74, 6) is -1.17. The van der Waals surface area contributed by atoms with Crippen molar-refractivity contribution in [3.63, 3.8) is 0 Å². The van der Waals surface area contributed by atoms with E-state index >= 15 is 0 Å². The van der Waals surface area contributed by atoms with Gasteiger partial charge in [0.25, 0.3) is 0 Å². The Kier molecular flexibility index (Phi) is 5.12. The summed E-state index contributed by atoms with van der Waals surface area (Å²) in [6, 6.07) is 2.17. The molecule has 2 rings (SSSR count). The van der Waals surface area contributed by atoms with E-state index < -0.39 is 17.7 Å². The lowest BCUT2D eigenvalue weighted by molar-refractivity contribution is 0.103. The van der Waals surface area contributed by atoms with Gasteiger partial charge in [-0.15, -0.1) is 0 Å². The van der Waals surface area contributed by atoms with Crippen LogP contribution >= 0.6 is 15.9 Å². The second-order valence-corrected chi connectivity index (χ2v) is 6.35. The minimum absolute atomic E-state index is 0.0269. The quantitative estimate of drug-likeness (QED) is 0.852. The van der Waals surface area contributed by atoms with Crippen LogP contribution in [0.2, 0.25) is 0 Å². The van der Waals surface area contributed by atoms with Crippen molar-refractivity contribution in [3.05, 3.63) is 33.8 Å². The molecule has 1 aliphatic rings. The highest BCUT2D eigenvalue weighted by Gasteiger charge is 2.27. The van der Waals surface area contributed by atoms with Crippen LogP contribution in [0.1, 0.15) is 18.0 Å². The zero-order chi connectivity index (χ0) is 14.9. The number of hydrogen-bond acceptors (Lipinski definition) is 3. The van der Waals surface area contributed by atoms with Crippen molar-refractivity contribution >= 4 is 15.9 Å². The summed E-state index contributed by atoms with van der Waals surface area (Å²) in [6.45, 7) is 2.81. The Morgan fingerprint density at radius 3 is 2.75 bits per heavy atom. The third kappa shape index (κ3) is 3.36. The van der Waals surface area contributed by atoms with Gasteiger partial charge in [0.2, 0.25) is 0 Å². The van der Waals surface area contributed by atoms with E-state index in [0.717, 1.165) is 19.6 Å². The summed E-state index contributed by atoms with van der Waals surface area (Å²) in [5, 5.41) is 0. The SMILES string of the molecule is CN1CCN(C)C(CC(N)c2c(F)ccc(Br)c2F)C1. The van der Waals surface area contributed by atoms with Gasteiger partial charge < -0.3 is 15.5 Å². The Labute approximate surface area is 126 Å². The molecule has 0 bridgehead atoms. The van der Waals surface area contributed by atoms with Gasteiger partial charge in [-0.25, -0.2) is 8.78 Å². The van der Waals surface area contributed by atoms with Gasteiger partial charge in [-0.1, -0.05) is 0 Å². The van der Waals surface area contributed by atoms with Gasteiger partial charge in [0.1, 0.15) is 11.6 Å². The third-order valence-electron chi connectivity index (χ3n) is 3.96. The number of hydrogen-bond donors (Lipinski definition) is 1. The molecular weight excluding hydrogens is 328 g/mol. The molecule has 1 heterocycles. The van der Waals surface area contributed by atoms with Crippen molar-refractivity contribution in [2.45, 2.75) is 18.5 Å². The first-order valence-corrected chi connectivity index (χ1v) is 7.47. The van der Waals surface area contributed by atoms with Crippen LogP contribution in [0.25, 0.3) is 0 Å². The number of halogens is 3. The monoisotopic (exact) mass is 347 g/mol. The zero-order valence-corrected chi connectivity index (χ0v) is 13.3. The van der Waals surface area contributed by atoms with Gasteiger partial charge in [-0.05, 0) is 48.6 Å². The molecule has 0 aromatic heterocycles. The largest absolute Gasteiger partial charge is 0.324 e. The maximum absolute atomic E-state index is 14.1. The molecule has 0 radical (unpaired) electrons. The third-order valence-corrected chi connectivity index (χ3v) is 4.57. The van der Waals surface area contributed by atoms with E-state index in [1.54, 1.807) is 0 Å². The van der Waals surface area contributed by atoms with E-state index in [1.165, 1.54) is 12.1 Å². The fourth-order valence-corrected chi connectivity index (χ4v) is 3.00. The highest BCUT2D eigenvalue weighted by Crippen LogP contribution is 2.29. The maximum atomic E-state index is 14.1. The van der Waals surface area contributed by atoms with Crippen molar-refractivity contribution in [3.8, 4) is 0 Å². The van der Waals surface area contributed by atoms with E-state index in [4.69, 9.17) is 5.73 Å². The van der Waals surface area contributed by atoms with Gasteiger partial charge in [0.15, 0.2) is 0 Å². The molecule has 1 aromatic carbocycles. The van der Waals surface area contributed by atoms with E-state index in [-0.39, 0.29) is 16.1 Å². The molecule has 20 heavy (non-hydrogen) atoms. The van der Waals surface area contributed by atoms with Gasteiger partial charge in [-0.2, -0.15) is 0 Å². The predicted molar refractivity (Wildman–Crippen MR) is 79.5 cm³/mol. The molecule has 2 N–H and O–H groups in total. The summed E-state index contributed by atoms with van der Waals surface area (Å²) in [7, 11) is 4.07. The Morgan fingerprint density at radius 1 is 1.35 bits per heavy atom. The summed E-state index contributed by atoms with van der Waals surface area (Å²) in [6.07, 6.45) is 0.533. The summed E-state index contributed by atoms with van der Waals surface area (Å²) in [5.41, 5.74) is 6.03. The molecule has 6 heteroatoms. The lowest BCUT2D eigenvalue weighted by Crippen LogP contribution is -2.50. The number of likely N-dealkylation sites (N-methyl/N-ethyl adjacent to an activating group) is 2. The molecule has 1 aliphatic heterocycles. The molecule has 0 spiro atoms. The Morgan fingerprint density at radius 2 is 2.05 bits per heavy atom. The van der Waals surface area contributed by atoms with Crippen molar-refractivity contribution in [2.24, 2.45) is 5.73 Å². The fraction of sp³-hybridized carbons (Fsp3) is 0.571. The van der Waals surface area contributed by atoms with Crippen molar-refractivity contribution in [1.29, 1.82) is 0 Å². The molecule has 1 saturated heterocycles. The minimum Gasteiger partial charge on any atom is -0.324 e. The van der Waals surface area contributed by atoms with E-state index in [9.17, 15) is 8.78 Å². The normalized spacial score (nSPS) is 23.0. The van der Waals surface area contributed by atoms with Crippen LogP contribution in [0.3, 0.4) is 0 Å². The number of piperazine rings is 1. The minimum atomic E-state index is -0.647. The molecule has 1 fully saturated rings. The molecule has 0 aliphatic carbocycles. The Balaban J connectivity index is 2.16. The average molecular weight is 348 g/mol. The van der Waals surface area contributed by atoms with Crippen molar-refractivity contribution < 1.29 is 8.78 Å². The predicted octanol–water partition coefficient (Wildman–Crippen LogP) is 2.36. The van der Waals surface area contributed by atoms with Crippen LogP contribution in [0.4, 0.5) is 8.78 Å². The van der Waals surface area contributed by atoms with E-state index in [2.05, 4.69) is 25.7 Å². The summed E-state index contributed by atoms with van der Waals surface area (Å²) < 4.78 is 28.1. The molecule has 3 nitrogen and oxygen atoms in total. The van der Waals surface area contributed by atoms with Crippen LogP contribution in [-0.4, -0.2) is 49.6 Å². The number of nitrogens with two attached hydrogens (primary N) is 1. The maximum Gasteiger partial charge on any atom is 0.145 e. The van der Waals surface area contributed by atoms with Crippen LogP contribution < -0.4 is 5.73 Å². The number of rotatable bonds is 3. The number of nitrogens with zero attached hydrogens (tertiary/aromatic N) is 2. The first kappa shape index (κ1) is 15.8. The highest BCUT2D eigenvalue weighted by molar-refractivity contribution is 9.10. The van der Waals surface area contributed by atoms with Crippen LogP contribution in [-0.2, 0) is 0 Å². The van der Waals surface area contributed by atoms with Gasteiger partial charge >= 0.3 is 0 Å². The molecule has 0 amide bonds. The van der Waals surface area contributed by atoms with E-state index in [0.29, 0.717) is 6.42 Å². The average Bonchev–Trinajstić information content (AvgIpc) is 2.39. The summed E-state index contributed by atoms with van der Waals surface area (Å²) in [4.78, 5) is 4.42. The number of benzene rings is 1. The highest BCUT2D eigenvalue weighted by atomic mass is 79.9. The van der Waals surface area contributed by atoms with Crippen LogP contribution in [0.15, 0.2) is 16.6 Å². The fourth-order valence-electron chi connectivity index (χ4n) is 2.65. The van der Waals surface area contributed by atoms with E-state index in [1.807, 2.05) is 14.1 Å². The van der Waals surface area contributed by atoms with Crippen molar-refractivity contribution in [1.82, 2.24) is 9.80 Å². The first-order valence-electron chi connectivity index (χ1n) is 6.68. The van der Waals surface area contributed by atoms with Crippen molar-refractivity contribution in [2.75, 3.05) is 33.7 Å². The standard InChI is InChI=1S/C14H20BrF2N3/c1-19-5-6-20(2)9(8-19)7-12(18)13-11(16)4-3-10(15)14(13)17/h3-4,9,12H,5-8,18H2,1-2H3. The van der Waals surface area contributed by atoms with Gasteiger partial charge in [0.05, 0.1) is 4.47 Å². The Bertz CT molecular complexity index is 484. The lowest BCUT2D eigenvalue weighted by atomic mass is 9.97. The second kappa shape index (κ2) is 6.47. The molecule has 0 saturated carbocycles. The molecule has 112 valence electrons. The summed E-state index contributed by atoms with van der Waals surface area (Å²) >= 11 is 3.08. The molecule has 2 atom stereocenters. The second-order valence-electron chi connectivity index (χ2n) is 5.50.